The van der Waals surface area contributed by atoms with Gasteiger partial charge in [-0.25, -0.2) is 13.2 Å². The van der Waals surface area contributed by atoms with Gasteiger partial charge in [0.1, 0.15) is 0 Å². The number of hydrogen-bond donors (Lipinski definition) is 3. The van der Waals surface area contributed by atoms with Gasteiger partial charge in [0.2, 0.25) is 0 Å². The van der Waals surface area contributed by atoms with Crippen LogP contribution >= 0.6 is 0 Å². The van der Waals surface area contributed by atoms with Gasteiger partial charge in [0.15, 0.2) is 9.84 Å². The molecule has 0 unspecified atom stereocenters. The lowest BCUT2D eigenvalue weighted by Gasteiger charge is -2.17. The van der Waals surface area contributed by atoms with Crippen molar-refractivity contribution in [2.24, 2.45) is 0 Å². The Morgan fingerprint density at radius 3 is 2.12 bits per heavy atom. The summed E-state index contributed by atoms with van der Waals surface area (Å²) in [5, 5.41) is 16.0. The molecule has 4 rings (SSSR count). The quantitative estimate of drug-likeness (QED) is 0.215. The van der Waals surface area contributed by atoms with E-state index in [-0.39, 0.29) is 22.6 Å². The van der Waals surface area contributed by atoms with E-state index in [0.717, 1.165) is 11.0 Å². The van der Waals surface area contributed by atoms with Crippen LogP contribution in [0.25, 0.3) is 0 Å². The topological polar surface area (TPSA) is 130 Å². The molecule has 214 valence electrons. The first-order valence-corrected chi connectivity index (χ1v) is 14.8. The summed E-state index contributed by atoms with van der Waals surface area (Å²) in [5.41, 5.74) is 2.08. The summed E-state index contributed by atoms with van der Waals surface area (Å²) in [6, 6.07) is 29.6. The molecule has 4 aromatic rings. The Kier molecular flexibility index (Phi) is 10.0. The van der Waals surface area contributed by atoms with Gasteiger partial charge < -0.3 is 15.7 Å². The van der Waals surface area contributed by atoms with E-state index >= 15 is 0 Å². The van der Waals surface area contributed by atoms with Crippen LogP contribution in [0.4, 0.5) is 0 Å². The maximum atomic E-state index is 13.4. The van der Waals surface area contributed by atoms with Crippen LogP contribution < -0.4 is 10.6 Å². The van der Waals surface area contributed by atoms with Gasteiger partial charge in [-0.1, -0.05) is 78.9 Å². The molecule has 1 atom stereocenters. The fourth-order valence-corrected chi connectivity index (χ4v) is 5.37. The summed E-state index contributed by atoms with van der Waals surface area (Å²) >= 11 is 0. The number of sulfone groups is 1. The van der Waals surface area contributed by atoms with Crippen molar-refractivity contribution in [2.75, 3.05) is 0 Å². The van der Waals surface area contributed by atoms with E-state index in [0.29, 0.717) is 24.0 Å². The van der Waals surface area contributed by atoms with Gasteiger partial charge >= 0.3 is 5.97 Å². The lowest BCUT2D eigenvalue weighted by atomic mass is 10.0. The Balaban J connectivity index is 1.50. The molecular formula is C33H30N2O6S. The molecule has 4 aromatic carbocycles. The number of rotatable bonds is 12. The predicted molar refractivity (Wildman–Crippen MR) is 160 cm³/mol. The summed E-state index contributed by atoms with van der Waals surface area (Å²) in [4.78, 5) is 37.5. The Bertz CT molecular complexity index is 1690. The monoisotopic (exact) mass is 582 g/mol. The summed E-state index contributed by atoms with van der Waals surface area (Å²) in [6.45, 7) is 0.0205. The highest BCUT2D eigenvalue weighted by atomic mass is 32.2. The van der Waals surface area contributed by atoms with Crippen molar-refractivity contribution in [3.05, 3.63) is 148 Å². The second kappa shape index (κ2) is 14.0. The highest BCUT2D eigenvalue weighted by molar-refractivity contribution is 7.94. The maximum Gasteiger partial charge on any atom is 0.335 e. The normalized spacial score (nSPS) is 12.0. The zero-order valence-electron chi connectivity index (χ0n) is 22.6. The molecule has 0 bridgehead atoms. The molecule has 0 saturated heterocycles. The lowest BCUT2D eigenvalue weighted by molar-refractivity contribution is 0.0696. The molecule has 0 heterocycles. The second-order valence-electron chi connectivity index (χ2n) is 9.52. The summed E-state index contributed by atoms with van der Waals surface area (Å²) in [7, 11) is -3.72. The van der Waals surface area contributed by atoms with Crippen molar-refractivity contribution in [3.8, 4) is 0 Å². The smallest absolute Gasteiger partial charge is 0.335 e. The molecule has 8 nitrogen and oxygen atoms in total. The summed E-state index contributed by atoms with van der Waals surface area (Å²) < 4.78 is 25.7. The molecule has 0 fully saturated rings. The van der Waals surface area contributed by atoms with Crippen molar-refractivity contribution in [1.29, 1.82) is 0 Å². The van der Waals surface area contributed by atoms with Crippen LogP contribution in [0.15, 0.2) is 126 Å². The molecule has 9 heteroatoms. The molecule has 0 aliphatic rings. The standard InChI is InChI=1S/C33H30N2O6S/c36-31(25-13-9-14-26(22-25)33(38)39)34-23-27-12-7-8-17-30(27)32(37)35-28(19-18-24-10-3-1-4-11-24)20-21-42(40,41)29-15-5-2-6-16-29/h1-17,20-22,28H,18-19,23H2,(H,34,36)(H,35,37)(H,38,39)/b21-20+/t28-/m0/s1. The third-order valence-corrected chi connectivity index (χ3v) is 7.98. The zero-order chi connectivity index (χ0) is 30.0. The van der Waals surface area contributed by atoms with E-state index in [2.05, 4.69) is 10.6 Å². The van der Waals surface area contributed by atoms with Crippen molar-refractivity contribution >= 4 is 27.6 Å². The molecule has 0 aliphatic carbocycles. The minimum absolute atomic E-state index is 0.00805. The van der Waals surface area contributed by atoms with E-state index in [1.165, 1.54) is 42.5 Å². The Labute approximate surface area is 244 Å². The largest absolute Gasteiger partial charge is 0.478 e. The number of carboxylic acid groups (broad SMARTS) is 1. The number of carbonyl (C=O) groups excluding carboxylic acids is 2. The fraction of sp³-hybridized carbons (Fsp3) is 0.121. The van der Waals surface area contributed by atoms with Crippen molar-refractivity contribution in [3.63, 3.8) is 0 Å². The number of nitrogens with one attached hydrogen (secondary N) is 2. The van der Waals surface area contributed by atoms with Gasteiger partial charge in [-0.3, -0.25) is 9.59 Å². The average Bonchev–Trinajstić information content (AvgIpc) is 3.02. The lowest BCUT2D eigenvalue weighted by Crippen LogP contribution is -2.35. The first-order valence-electron chi connectivity index (χ1n) is 13.3. The van der Waals surface area contributed by atoms with E-state index < -0.39 is 33.7 Å². The Hall–Kier alpha value is -5.02. The number of aryl methyl sites for hydroxylation is 1. The van der Waals surface area contributed by atoms with E-state index in [4.69, 9.17) is 0 Å². The van der Waals surface area contributed by atoms with E-state index in [1.54, 1.807) is 42.5 Å². The van der Waals surface area contributed by atoms with E-state index in [9.17, 15) is 27.9 Å². The van der Waals surface area contributed by atoms with Gasteiger partial charge in [-0.05, 0) is 60.4 Å². The first-order chi connectivity index (χ1) is 20.2. The molecule has 3 N–H and O–H groups in total. The number of carboxylic acids is 1. The number of hydrogen-bond acceptors (Lipinski definition) is 5. The van der Waals surface area contributed by atoms with Crippen LogP contribution in [-0.4, -0.2) is 37.3 Å². The van der Waals surface area contributed by atoms with Gasteiger partial charge in [-0.2, -0.15) is 0 Å². The second-order valence-corrected chi connectivity index (χ2v) is 11.4. The van der Waals surface area contributed by atoms with Crippen LogP contribution in [0, 0.1) is 0 Å². The highest BCUT2D eigenvalue weighted by Crippen LogP contribution is 2.15. The van der Waals surface area contributed by atoms with E-state index in [1.807, 2.05) is 30.3 Å². The van der Waals surface area contributed by atoms with Crippen LogP contribution in [0.5, 0.6) is 0 Å². The average molecular weight is 583 g/mol. The first kappa shape index (κ1) is 30.0. The minimum atomic E-state index is -3.72. The third-order valence-electron chi connectivity index (χ3n) is 6.54. The minimum Gasteiger partial charge on any atom is -0.478 e. The Morgan fingerprint density at radius 1 is 0.762 bits per heavy atom. The molecule has 0 spiro atoms. The van der Waals surface area contributed by atoms with Gasteiger partial charge in [0, 0.05) is 29.1 Å². The van der Waals surface area contributed by atoms with Crippen molar-refractivity contribution in [2.45, 2.75) is 30.3 Å². The predicted octanol–water partition coefficient (Wildman–Crippen LogP) is 5.03. The molecule has 2 amide bonds. The van der Waals surface area contributed by atoms with Gasteiger partial charge in [0.25, 0.3) is 11.8 Å². The molecule has 0 saturated carbocycles. The highest BCUT2D eigenvalue weighted by Gasteiger charge is 2.18. The van der Waals surface area contributed by atoms with Gasteiger partial charge in [0.05, 0.1) is 10.5 Å². The summed E-state index contributed by atoms with van der Waals surface area (Å²) in [5.74, 6) is -2.05. The number of carbonyl (C=O) groups is 3. The molecule has 42 heavy (non-hydrogen) atoms. The van der Waals surface area contributed by atoms with Crippen LogP contribution in [0.1, 0.15) is 48.6 Å². The molecular weight excluding hydrogens is 552 g/mol. The van der Waals surface area contributed by atoms with Crippen LogP contribution in [0.2, 0.25) is 0 Å². The molecule has 0 aromatic heterocycles. The number of aromatic carboxylic acids is 1. The third kappa shape index (κ3) is 8.25. The number of amides is 2. The van der Waals surface area contributed by atoms with Crippen LogP contribution in [-0.2, 0) is 22.8 Å². The number of benzene rings is 4. The SMILES string of the molecule is O=C(O)c1cccc(C(=O)NCc2ccccc2C(=O)N[C@H](/C=C/S(=O)(=O)c2ccccc2)CCc2ccccc2)c1. The van der Waals surface area contributed by atoms with Crippen molar-refractivity contribution in [1.82, 2.24) is 10.6 Å². The molecule has 0 aliphatic heterocycles. The maximum absolute atomic E-state index is 13.4. The van der Waals surface area contributed by atoms with Crippen LogP contribution in [0.3, 0.4) is 0 Å². The Morgan fingerprint density at radius 2 is 1.40 bits per heavy atom. The molecule has 0 radical (unpaired) electrons. The van der Waals surface area contributed by atoms with Gasteiger partial charge in [-0.15, -0.1) is 0 Å². The summed E-state index contributed by atoms with van der Waals surface area (Å²) in [6.07, 6.45) is 2.55. The van der Waals surface area contributed by atoms with Crippen molar-refractivity contribution < 1.29 is 27.9 Å². The fourth-order valence-electron chi connectivity index (χ4n) is 4.28. The zero-order valence-corrected chi connectivity index (χ0v) is 23.5.